The lowest BCUT2D eigenvalue weighted by atomic mass is 10.3. The number of aromatic nitrogens is 2. The van der Waals surface area contributed by atoms with Gasteiger partial charge in [-0.25, -0.2) is 4.98 Å². The molecule has 0 saturated heterocycles. The second-order valence-electron chi connectivity index (χ2n) is 3.36. The first-order chi connectivity index (χ1) is 7.95. The molecule has 0 radical (unpaired) electrons. The Bertz CT molecular complexity index is 536. The molecule has 1 atom stereocenters. The molecule has 2 heterocycles. The molecule has 1 unspecified atom stereocenters. The van der Waals surface area contributed by atoms with Crippen molar-refractivity contribution in [1.29, 1.82) is 0 Å². The monoisotopic (exact) mass is 246 g/mol. The van der Waals surface area contributed by atoms with E-state index in [9.17, 15) is 18.3 Å². The lowest BCUT2D eigenvalue weighted by Gasteiger charge is -2.04. The number of nitrogens with zero attached hydrogens (tertiary/aromatic N) is 2. The van der Waals surface area contributed by atoms with Crippen molar-refractivity contribution in [3.8, 4) is 0 Å². The van der Waals surface area contributed by atoms with E-state index in [1.807, 2.05) is 0 Å². The first-order valence-corrected chi connectivity index (χ1v) is 4.70. The van der Waals surface area contributed by atoms with Crippen molar-refractivity contribution in [2.75, 3.05) is 7.11 Å². The molecule has 0 saturated carbocycles. The van der Waals surface area contributed by atoms with Gasteiger partial charge in [0.1, 0.15) is 5.69 Å². The first-order valence-electron chi connectivity index (χ1n) is 4.70. The van der Waals surface area contributed by atoms with Gasteiger partial charge in [0.15, 0.2) is 0 Å². The summed E-state index contributed by atoms with van der Waals surface area (Å²) < 4.78 is 43.5. The number of imidazole rings is 1. The van der Waals surface area contributed by atoms with Gasteiger partial charge in [-0.3, -0.25) is 4.40 Å². The maximum atomic E-state index is 12.7. The molecule has 2 aromatic heterocycles. The summed E-state index contributed by atoms with van der Waals surface area (Å²) in [6.07, 6.45) is -4.84. The summed E-state index contributed by atoms with van der Waals surface area (Å²) in [5.41, 5.74) is 0.00889. The van der Waals surface area contributed by atoms with Crippen LogP contribution in [-0.4, -0.2) is 21.6 Å². The van der Waals surface area contributed by atoms with E-state index in [4.69, 9.17) is 0 Å². The number of rotatable bonds is 2. The summed E-state index contributed by atoms with van der Waals surface area (Å²) in [6, 6.07) is 4.44. The van der Waals surface area contributed by atoms with Crippen LogP contribution in [0.5, 0.6) is 0 Å². The number of aliphatic hydroxyl groups is 1. The van der Waals surface area contributed by atoms with E-state index in [0.29, 0.717) is 0 Å². The Kier molecular flexibility index (Phi) is 2.80. The number of pyridine rings is 1. The van der Waals surface area contributed by atoms with Gasteiger partial charge in [0.2, 0.25) is 12.1 Å². The zero-order valence-electron chi connectivity index (χ0n) is 8.77. The van der Waals surface area contributed by atoms with Crippen LogP contribution in [0.15, 0.2) is 24.4 Å². The third-order valence-corrected chi connectivity index (χ3v) is 2.29. The Morgan fingerprint density at radius 2 is 2.12 bits per heavy atom. The Labute approximate surface area is 94.3 Å². The fraction of sp³-hybridized carbons (Fsp3) is 0.300. The molecule has 7 heteroatoms. The van der Waals surface area contributed by atoms with E-state index in [0.717, 1.165) is 4.40 Å². The number of fused-ring (bicyclic) bond motifs is 1. The predicted octanol–water partition coefficient (Wildman–Crippen LogP) is 1.99. The second kappa shape index (κ2) is 4.01. The summed E-state index contributed by atoms with van der Waals surface area (Å²) >= 11 is 0. The molecule has 0 amide bonds. The number of hydrogen-bond acceptors (Lipinski definition) is 3. The molecule has 4 nitrogen and oxygen atoms in total. The molecule has 0 aliphatic carbocycles. The highest BCUT2D eigenvalue weighted by atomic mass is 19.4. The van der Waals surface area contributed by atoms with Crippen LogP contribution in [0.25, 0.3) is 5.52 Å². The van der Waals surface area contributed by atoms with Gasteiger partial charge in [0.05, 0.1) is 5.52 Å². The standard InChI is InChI=1S/C10H9F3N2O2/c1-17-8(16)7-6-4-2-3-5-15(6)9(14-7)10(11,12)13/h2-5,8,16H,1H3. The van der Waals surface area contributed by atoms with Crippen LogP contribution in [0.1, 0.15) is 17.8 Å². The number of methoxy groups -OCH3 is 1. The molecule has 2 aromatic rings. The van der Waals surface area contributed by atoms with E-state index in [2.05, 4.69) is 9.72 Å². The van der Waals surface area contributed by atoms with Crippen LogP contribution in [0.4, 0.5) is 13.2 Å². The maximum Gasteiger partial charge on any atom is 0.450 e. The van der Waals surface area contributed by atoms with Crippen molar-refractivity contribution < 1.29 is 23.0 Å². The van der Waals surface area contributed by atoms with Crippen LogP contribution in [0.3, 0.4) is 0 Å². The van der Waals surface area contributed by atoms with E-state index in [1.54, 1.807) is 6.07 Å². The molecule has 17 heavy (non-hydrogen) atoms. The Morgan fingerprint density at radius 1 is 1.41 bits per heavy atom. The van der Waals surface area contributed by atoms with Gasteiger partial charge in [-0.2, -0.15) is 13.2 Å². The van der Waals surface area contributed by atoms with Crippen molar-refractivity contribution in [2.24, 2.45) is 0 Å². The van der Waals surface area contributed by atoms with Gasteiger partial charge in [-0.05, 0) is 12.1 Å². The zero-order valence-corrected chi connectivity index (χ0v) is 8.77. The van der Waals surface area contributed by atoms with Crippen molar-refractivity contribution in [1.82, 2.24) is 9.38 Å². The highest BCUT2D eigenvalue weighted by Gasteiger charge is 2.37. The SMILES string of the molecule is COC(O)c1nc(C(F)(F)F)n2ccccc12. The van der Waals surface area contributed by atoms with Crippen LogP contribution in [0.2, 0.25) is 0 Å². The average Bonchev–Trinajstić information content (AvgIpc) is 2.67. The summed E-state index contributed by atoms with van der Waals surface area (Å²) in [5, 5.41) is 9.44. The number of aliphatic hydroxyl groups excluding tert-OH is 1. The quantitative estimate of drug-likeness (QED) is 0.824. The van der Waals surface area contributed by atoms with E-state index < -0.39 is 18.3 Å². The largest absolute Gasteiger partial charge is 0.450 e. The number of ether oxygens (including phenoxy) is 1. The predicted molar refractivity (Wildman–Crippen MR) is 52.2 cm³/mol. The van der Waals surface area contributed by atoms with Crippen molar-refractivity contribution >= 4 is 5.52 Å². The average molecular weight is 246 g/mol. The van der Waals surface area contributed by atoms with Gasteiger partial charge in [0.25, 0.3) is 0 Å². The fourth-order valence-corrected chi connectivity index (χ4v) is 1.56. The van der Waals surface area contributed by atoms with Gasteiger partial charge in [-0.1, -0.05) is 6.07 Å². The van der Waals surface area contributed by atoms with Crippen LogP contribution >= 0.6 is 0 Å². The molecule has 2 rings (SSSR count). The van der Waals surface area contributed by atoms with E-state index in [1.165, 1.54) is 25.4 Å². The molecular weight excluding hydrogens is 237 g/mol. The molecule has 0 fully saturated rings. The minimum absolute atomic E-state index is 0.152. The smallest absolute Gasteiger partial charge is 0.363 e. The molecule has 0 aromatic carbocycles. The maximum absolute atomic E-state index is 12.7. The Hall–Kier alpha value is -1.60. The van der Waals surface area contributed by atoms with Crippen molar-refractivity contribution in [3.05, 3.63) is 35.9 Å². The summed E-state index contributed by atoms with van der Waals surface area (Å²) in [7, 11) is 1.19. The highest BCUT2D eigenvalue weighted by Crippen LogP contribution is 2.31. The van der Waals surface area contributed by atoms with Crippen LogP contribution in [0, 0.1) is 0 Å². The van der Waals surface area contributed by atoms with Gasteiger partial charge < -0.3 is 9.84 Å². The fourth-order valence-electron chi connectivity index (χ4n) is 1.56. The molecule has 0 aliphatic heterocycles. The summed E-state index contributed by atoms with van der Waals surface area (Å²) in [4.78, 5) is 3.39. The third kappa shape index (κ3) is 1.98. The van der Waals surface area contributed by atoms with Gasteiger partial charge >= 0.3 is 6.18 Å². The minimum Gasteiger partial charge on any atom is -0.363 e. The lowest BCUT2D eigenvalue weighted by molar-refractivity contribution is -0.145. The van der Waals surface area contributed by atoms with E-state index >= 15 is 0 Å². The van der Waals surface area contributed by atoms with Crippen LogP contribution < -0.4 is 0 Å². The lowest BCUT2D eigenvalue weighted by Crippen LogP contribution is -2.10. The zero-order chi connectivity index (χ0) is 12.6. The molecular formula is C10H9F3N2O2. The Morgan fingerprint density at radius 3 is 2.71 bits per heavy atom. The number of hydrogen-bond donors (Lipinski definition) is 1. The normalized spacial score (nSPS) is 14.2. The Balaban J connectivity index is 2.71. The number of halogens is 3. The van der Waals surface area contributed by atoms with Crippen LogP contribution in [-0.2, 0) is 10.9 Å². The molecule has 0 bridgehead atoms. The van der Waals surface area contributed by atoms with Crippen molar-refractivity contribution in [2.45, 2.75) is 12.5 Å². The van der Waals surface area contributed by atoms with Gasteiger partial charge in [0, 0.05) is 13.3 Å². The van der Waals surface area contributed by atoms with Crippen molar-refractivity contribution in [3.63, 3.8) is 0 Å². The second-order valence-corrected chi connectivity index (χ2v) is 3.36. The summed E-state index contributed by atoms with van der Waals surface area (Å²) in [6.45, 7) is 0. The molecule has 0 spiro atoms. The number of alkyl halides is 3. The first kappa shape index (κ1) is 11.9. The molecule has 1 N–H and O–H groups in total. The molecule has 0 aliphatic rings. The topological polar surface area (TPSA) is 46.8 Å². The van der Waals surface area contributed by atoms with Gasteiger partial charge in [-0.15, -0.1) is 0 Å². The molecule has 92 valence electrons. The minimum atomic E-state index is -4.59. The third-order valence-electron chi connectivity index (χ3n) is 2.29. The van der Waals surface area contributed by atoms with E-state index in [-0.39, 0.29) is 11.2 Å². The highest BCUT2D eigenvalue weighted by molar-refractivity contribution is 5.54. The summed E-state index contributed by atoms with van der Waals surface area (Å²) in [5.74, 6) is -1.08.